The van der Waals surface area contributed by atoms with Gasteiger partial charge in [-0.3, -0.25) is 9.59 Å². The van der Waals surface area contributed by atoms with Crippen molar-refractivity contribution in [1.82, 2.24) is 4.72 Å². The van der Waals surface area contributed by atoms with Gasteiger partial charge in [0.15, 0.2) is 5.78 Å². The molecule has 2 N–H and O–H groups in total. The van der Waals surface area contributed by atoms with Crippen molar-refractivity contribution in [2.45, 2.75) is 0 Å². The highest BCUT2D eigenvalue weighted by Gasteiger charge is 2.33. The average Bonchev–Trinajstić information content (AvgIpc) is 2.85. The maximum absolute atomic E-state index is 12.3. The highest BCUT2D eigenvalue weighted by molar-refractivity contribution is 7.92. The lowest BCUT2D eigenvalue weighted by atomic mass is 10.1. The minimum atomic E-state index is -3.88. The van der Waals surface area contributed by atoms with Gasteiger partial charge in [-0.15, -0.1) is 0 Å². The van der Waals surface area contributed by atoms with E-state index in [1.807, 2.05) is 4.72 Å². The summed E-state index contributed by atoms with van der Waals surface area (Å²) in [6, 6.07) is 11.0. The number of carbonyl (C=O) groups is 2. The van der Waals surface area contributed by atoms with Gasteiger partial charge in [0.1, 0.15) is 6.54 Å². The number of anilines is 2. The van der Waals surface area contributed by atoms with Crippen LogP contribution in [0.3, 0.4) is 0 Å². The first kappa shape index (κ1) is 18.5. The standard InChI is InChI=1S/C16H13Cl2N3O4S/c17-10-4-5-13(14(18)6-10)15(22)8-19-11-2-1-3-12(7-11)21-9-16(23)20-26(21,24)25/h1-7,19H,8-9H2,(H,20,23). The van der Waals surface area contributed by atoms with E-state index in [0.29, 0.717) is 22.0 Å². The molecule has 7 nitrogen and oxygen atoms in total. The Morgan fingerprint density at radius 1 is 1.19 bits per heavy atom. The molecule has 26 heavy (non-hydrogen) atoms. The van der Waals surface area contributed by atoms with E-state index in [1.165, 1.54) is 12.1 Å². The summed E-state index contributed by atoms with van der Waals surface area (Å²) in [6.45, 7) is -0.333. The zero-order chi connectivity index (χ0) is 18.9. The molecule has 1 amide bonds. The quantitative estimate of drug-likeness (QED) is 0.733. The molecular weight excluding hydrogens is 401 g/mol. The van der Waals surface area contributed by atoms with E-state index in [1.54, 1.807) is 30.3 Å². The molecule has 0 unspecified atom stereocenters. The number of nitrogens with zero attached hydrogens (tertiary/aromatic N) is 1. The van der Waals surface area contributed by atoms with Crippen LogP contribution >= 0.6 is 23.2 Å². The Morgan fingerprint density at radius 3 is 2.62 bits per heavy atom. The fourth-order valence-corrected chi connectivity index (χ4v) is 4.10. The number of nitrogens with one attached hydrogen (secondary N) is 2. The molecule has 1 fully saturated rings. The predicted molar refractivity (Wildman–Crippen MR) is 100 cm³/mol. The van der Waals surface area contributed by atoms with E-state index in [2.05, 4.69) is 5.32 Å². The fraction of sp³-hybridized carbons (Fsp3) is 0.125. The van der Waals surface area contributed by atoms with Crippen LogP contribution in [0.25, 0.3) is 0 Å². The Bertz CT molecular complexity index is 995. The van der Waals surface area contributed by atoms with E-state index in [0.717, 1.165) is 4.31 Å². The second-order valence-corrected chi connectivity index (χ2v) is 7.93. The van der Waals surface area contributed by atoms with E-state index >= 15 is 0 Å². The second kappa shape index (κ2) is 7.14. The zero-order valence-corrected chi connectivity index (χ0v) is 15.5. The monoisotopic (exact) mass is 413 g/mol. The van der Waals surface area contributed by atoms with Crippen molar-refractivity contribution in [3.8, 4) is 0 Å². The van der Waals surface area contributed by atoms with Gasteiger partial charge in [0.25, 0.3) is 5.91 Å². The van der Waals surface area contributed by atoms with Gasteiger partial charge >= 0.3 is 10.2 Å². The van der Waals surface area contributed by atoms with Crippen LogP contribution in [-0.4, -0.2) is 33.2 Å². The lowest BCUT2D eigenvalue weighted by Gasteiger charge is -2.16. The maximum atomic E-state index is 12.3. The van der Waals surface area contributed by atoms with Crippen LogP contribution in [0.5, 0.6) is 0 Å². The minimum absolute atomic E-state index is 0.0469. The summed E-state index contributed by atoms with van der Waals surface area (Å²) in [5, 5.41) is 3.61. The van der Waals surface area contributed by atoms with Gasteiger partial charge in [0, 0.05) is 16.3 Å². The topological polar surface area (TPSA) is 95.6 Å². The molecule has 2 aromatic rings. The highest BCUT2D eigenvalue weighted by atomic mass is 35.5. The molecule has 0 spiro atoms. The molecule has 1 saturated heterocycles. The summed E-state index contributed by atoms with van der Waals surface area (Å²) in [5.41, 5.74) is 1.16. The molecular formula is C16H13Cl2N3O4S. The van der Waals surface area contributed by atoms with Crippen LogP contribution in [0.1, 0.15) is 10.4 Å². The molecule has 0 bridgehead atoms. The molecule has 3 rings (SSSR count). The second-order valence-electron chi connectivity index (χ2n) is 5.49. The van der Waals surface area contributed by atoms with Crippen LogP contribution in [0, 0.1) is 0 Å². The van der Waals surface area contributed by atoms with E-state index in [4.69, 9.17) is 23.2 Å². The molecule has 0 aromatic heterocycles. The van der Waals surface area contributed by atoms with Crippen LogP contribution in [-0.2, 0) is 15.0 Å². The summed E-state index contributed by atoms with van der Waals surface area (Å²) in [6.07, 6.45) is 0. The SMILES string of the molecule is O=C1CN(c2cccc(NCC(=O)c3ccc(Cl)cc3Cl)c2)S(=O)(=O)N1. The first-order chi connectivity index (χ1) is 12.3. The molecule has 136 valence electrons. The van der Waals surface area contributed by atoms with Gasteiger partial charge in [-0.1, -0.05) is 29.3 Å². The number of ketones is 1. The first-order valence-corrected chi connectivity index (χ1v) is 9.61. The number of hydrogen-bond acceptors (Lipinski definition) is 5. The largest absolute Gasteiger partial charge is 0.378 e. The Kier molecular flexibility index (Phi) is 5.08. The molecule has 0 radical (unpaired) electrons. The smallest absolute Gasteiger partial charge is 0.326 e. The number of halogens is 2. The molecule has 1 aliphatic heterocycles. The van der Waals surface area contributed by atoms with Crippen LogP contribution < -0.4 is 14.3 Å². The van der Waals surface area contributed by atoms with Crippen molar-refractivity contribution in [3.05, 3.63) is 58.1 Å². The number of hydrogen-bond donors (Lipinski definition) is 2. The Morgan fingerprint density at radius 2 is 1.96 bits per heavy atom. The van der Waals surface area contributed by atoms with Crippen molar-refractivity contribution in [1.29, 1.82) is 0 Å². The van der Waals surface area contributed by atoms with Crippen LogP contribution in [0.15, 0.2) is 42.5 Å². The summed E-state index contributed by atoms with van der Waals surface area (Å²) in [7, 11) is -3.88. The van der Waals surface area contributed by atoms with E-state index < -0.39 is 16.1 Å². The van der Waals surface area contributed by atoms with E-state index in [9.17, 15) is 18.0 Å². The maximum Gasteiger partial charge on any atom is 0.326 e. The summed E-state index contributed by atoms with van der Waals surface area (Å²) >= 11 is 11.8. The number of benzene rings is 2. The van der Waals surface area contributed by atoms with Crippen molar-refractivity contribution >= 4 is 56.5 Å². The number of Topliss-reactive ketones (excluding diaryl/α,β-unsaturated/α-hetero) is 1. The summed E-state index contributed by atoms with van der Waals surface area (Å²) in [4.78, 5) is 23.6. The number of rotatable bonds is 5. The van der Waals surface area contributed by atoms with Gasteiger partial charge in [-0.25, -0.2) is 9.03 Å². The Hall–Kier alpha value is -2.29. The number of carbonyl (C=O) groups excluding carboxylic acids is 2. The number of amides is 1. The van der Waals surface area contributed by atoms with Gasteiger partial charge in [0.2, 0.25) is 0 Å². The minimum Gasteiger partial charge on any atom is -0.378 e. The lowest BCUT2D eigenvalue weighted by molar-refractivity contribution is -0.117. The van der Waals surface area contributed by atoms with Crippen molar-refractivity contribution in [2.75, 3.05) is 22.7 Å². The van der Waals surface area contributed by atoms with Crippen molar-refractivity contribution in [2.24, 2.45) is 0 Å². The predicted octanol–water partition coefficient (Wildman–Crippen LogP) is 2.47. The van der Waals surface area contributed by atoms with Gasteiger partial charge in [-0.05, 0) is 36.4 Å². The third-order valence-corrected chi connectivity index (χ3v) is 5.59. The van der Waals surface area contributed by atoms with Crippen LogP contribution in [0.2, 0.25) is 10.0 Å². The van der Waals surface area contributed by atoms with Crippen LogP contribution in [0.4, 0.5) is 11.4 Å². The molecule has 0 saturated carbocycles. The molecule has 10 heteroatoms. The zero-order valence-electron chi connectivity index (χ0n) is 13.2. The van der Waals surface area contributed by atoms with E-state index in [-0.39, 0.29) is 23.9 Å². The highest BCUT2D eigenvalue weighted by Crippen LogP contribution is 2.24. The normalized spacial score (nSPS) is 15.6. The molecule has 0 aliphatic carbocycles. The molecule has 0 atom stereocenters. The van der Waals surface area contributed by atoms with Crippen molar-refractivity contribution in [3.63, 3.8) is 0 Å². The fourth-order valence-electron chi connectivity index (χ4n) is 2.44. The molecule has 1 heterocycles. The first-order valence-electron chi connectivity index (χ1n) is 7.42. The van der Waals surface area contributed by atoms with Crippen molar-refractivity contribution < 1.29 is 18.0 Å². The van der Waals surface area contributed by atoms with Gasteiger partial charge in [0.05, 0.1) is 17.3 Å². The molecule has 1 aliphatic rings. The Balaban J connectivity index is 1.73. The van der Waals surface area contributed by atoms with Gasteiger partial charge < -0.3 is 5.32 Å². The average molecular weight is 414 g/mol. The lowest BCUT2D eigenvalue weighted by Crippen LogP contribution is -2.29. The van der Waals surface area contributed by atoms with Gasteiger partial charge in [-0.2, -0.15) is 8.42 Å². The third kappa shape index (κ3) is 3.92. The summed E-state index contributed by atoms with van der Waals surface area (Å²) in [5.74, 6) is -0.848. The third-order valence-electron chi connectivity index (χ3n) is 3.64. The summed E-state index contributed by atoms with van der Waals surface area (Å²) < 4.78 is 26.6. The molecule has 2 aromatic carbocycles. The Labute approximate surface area is 160 Å².